The number of thioether (sulfide) groups is 1. The molecule has 0 bridgehead atoms. The van der Waals surface area contributed by atoms with Gasteiger partial charge in [0.15, 0.2) is 0 Å². The Morgan fingerprint density at radius 2 is 2.06 bits per heavy atom. The van der Waals surface area contributed by atoms with Gasteiger partial charge in [-0.15, -0.1) is 11.8 Å². The van der Waals surface area contributed by atoms with Gasteiger partial charge in [-0.1, -0.05) is 6.07 Å². The van der Waals surface area contributed by atoms with Crippen LogP contribution in [0.1, 0.15) is 17.3 Å². The first kappa shape index (κ1) is 13.6. The average molecular weight is 254 g/mol. The minimum absolute atomic E-state index is 0.175. The monoisotopic (exact) mass is 254 g/mol. The van der Waals surface area contributed by atoms with E-state index in [1.807, 2.05) is 6.26 Å². The Bertz CT molecular complexity index is 406. The van der Waals surface area contributed by atoms with Crippen molar-refractivity contribution >= 4 is 23.5 Å². The average Bonchev–Trinajstić information content (AvgIpc) is 2.37. The van der Waals surface area contributed by atoms with E-state index in [1.54, 1.807) is 25.1 Å². The lowest BCUT2D eigenvalue weighted by Gasteiger charge is -2.10. The summed E-state index contributed by atoms with van der Waals surface area (Å²) < 4.78 is 9.80. The van der Waals surface area contributed by atoms with E-state index in [1.165, 1.54) is 18.9 Å². The summed E-state index contributed by atoms with van der Waals surface area (Å²) in [7, 11) is 1.46. The number of methoxy groups -OCH3 is 1. The van der Waals surface area contributed by atoms with E-state index in [9.17, 15) is 9.59 Å². The number of hydrogen-bond donors (Lipinski definition) is 0. The van der Waals surface area contributed by atoms with Gasteiger partial charge in [0.1, 0.15) is 5.75 Å². The molecule has 92 valence electrons. The number of carbonyl (C=O) groups is 2. The number of carbonyl (C=O) groups excluding carboxylic acids is 2. The van der Waals surface area contributed by atoms with Crippen molar-refractivity contribution in [3.63, 3.8) is 0 Å². The Hall–Kier alpha value is -1.49. The highest BCUT2D eigenvalue weighted by Crippen LogP contribution is 2.29. The van der Waals surface area contributed by atoms with Crippen molar-refractivity contribution in [3.05, 3.63) is 23.8 Å². The molecule has 0 saturated heterocycles. The third-order valence-electron chi connectivity index (χ3n) is 2.12. The summed E-state index contributed by atoms with van der Waals surface area (Å²) in [5.74, 6) is -1.14. The van der Waals surface area contributed by atoms with Gasteiger partial charge >= 0.3 is 5.97 Å². The normalized spacial score (nSPS) is 9.82. The maximum absolute atomic E-state index is 11.9. The van der Waals surface area contributed by atoms with Crippen molar-refractivity contribution in [1.82, 2.24) is 0 Å². The zero-order valence-corrected chi connectivity index (χ0v) is 10.8. The molecule has 1 aromatic rings. The van der Waals surface area contributed by atoms with Crippen molar-refractivity contribution in [2.45, 2.75) is 11.8 Å². The van der Waals surface area contributed by atoms with Crippen LogP contribution in [0.3, 0.4) is 0 Å². The van der Waals surface area contributed by atoms with E-state index in [0.29, 0.717) is 10.6 Å². The number of hydrogen-bond acceptors (Lipinski definition) is 5. The number of Topliss-reactive ketones (excluding diaryl/α,β-unsaturated/α-hetero) is 1. The standard InChI is InChI=1S/C12H14O4S/c1-4-16-12(14)11(13)10-8(15-2)6-5-7-9(10)17-3/h5-7H,4H2,1-3H3. The molecule has 17 heavy (non-hydrogen) atoms. The van der Waals surface area contributed by atoms with Crippen molar-refractivity contribution in [2.24, 2.45) is 0 Å². The molecule has 0 amide bonds. The fourth-order valence-electron chi connectivity index (χ4n) is 1.37. The van der Waals surface area contributed by atoms with Gasteiger partial charge in [-0.25, -0.2) is 4.79 Å². The molecule has 0 fully saturated rings. The molecule has 0 atom stereocenters. The van der Waals surface area contributed by atoms with Crippen molar-refractivity contribution in [3.8, 4) is 5.75 Å². The third kappa shape index (κ3) is 3.00. The smallest absolute Gasteiger partial charge is 0.379 e. The summed E-state index contributed by atoms with van der Waals surface area (Å²) >= 11 is 1.38. The topological polar surface area (TPSA) is 52.6 Å². The first-order valence-corrected chi connectivity index (χ1v) is 6.30. The van der Waals surface area contributed by atoms with Crippen LogP contribution in [0.2, 0.25) is 0 Å². The van der Waals surface area contributed by atoms with Crippen LogP contribution >= 0.6 is 11.8 Å². The molecule has 0 unspecified atom stereocenters. The van der Waals surface area contributed by atoms with Crippen molar-refractivity contribution in [2.75, 3.05) is 20.0 Å². The maximum Gasteiger partial charge on any atom is 0.379 e. The molecule has 0 N–H and O–H groups in total. The molecule has 0 heterocycles. The Morgan fingerprint density at radius 1 is 1.35 bits per heavy atom. The number of ether oxygens (including phenoxy) is 2. The largest absolute Gasteiger partial charge is 0.496 e. The summed E-state index contributed by atoms with van der Waals surface area (Å²) in [4.78, 5) is 24.1. The van der Waals surface area contributed by atoms with Gasteiger partial charge in [-0.3, -0.25) is 4.79 Å². The summed E-state index contributed by atoms with van der Waals surface area (Å²) in [6.07, 6.45) is 1.83. The Balaban J connectivity index is 3.18. The quantitative estimate of drug-likeness (QED) is 0.349. The van der Waals surface area contributed by atoms with E-state index in [0.717, 1.165) is 0 Å². The minimum Gasteiger partial charge on any atom is -0.496 e. The molecule has 0 aromatic heterocycles. The second kappa shape index (κ2) is 6.30. The third-order valence-corrected chi connectivity index (χ3v) is 2.90. The van der Waals surface area contributed by atoms with Gasteiger partial charge in [0.05, 0.1) is 19.3 Å². The molecular weight excluding hydrogens is 240 g/mol. The highest BCUT2D eigenvalue weighted by atomic mass is 32.2. The fraction of sp³-hybridized carbons (Fsp3) is 0.333. The molecule has 1 rings (SSSR count). The summed E-state index contributed by atoms with van der Waals surface area (Å²) in [5, 5.41) is 0. The number of rotatable bonds is 5. The second-order valence-electron chi connectivity index (χ2n) is 3.09. The lowest BCUT2D eigenvalue weighted by molar-refractivity contribution is -0.137. The Kier molecular flexibility index (Phi) is 5.03. The number of esters is 1. The molecule has 0 aliphatic heterocycles. The van der Waals surface area contributed by atoms with Crippen LogP contribution in [-0.4, -0.2) is 31.7 Å². The second-order valence-corrected chi connectivity index (χ2v) is 3.94. The molecular formula is C12H14O4S. The maximum atomic E-state index is 11.9. The molecule has 0 saturated carbocycles. The Morgan fingerprint density at radius 3 is 2.59 bits per heavy atom. The molecule has 0 aliphatic carbocycles. The van der Waals surface area contributed by atoms with Crippen LogP contribution < -0.4 is 4.74 Å². The van der Waals surface area contributed by atoms with Gasteiger partial charge in [-0.2, -0.15) is 0 Å². The van der Waals surface area contributed by atoms with E-state index in [-0.39, 0.29) is 12.2 Å². The molecule has 0 spiro atoms. The van der Waals surface area contributed by atoms with Gasteiger partial charge in [0.25, 0.3) is 5.78 Å². The summed E-state index contributed by atoms with van der Waals surface area (Å²) in [5.41, 5.74) is 0.265. The Labute approximate surface area is 104 Å². The zero-order chi connectivity index (χ0) is 12.8. The SMILES string of the molecule is CCOC(=O)C(=O)c1c(OC)cccc1SC. The van der Waals surface area contributed by atoms with Crippen LogP contribution in [0.15, 0.2) is 23.1 Å². The predicted octanol–water partition coefficient (Wildman–Crippen LogP) is 2.16. The minimum atomic E-state index is -0.854. The highest BCUT2D eigenvalue weighted by molar-refractivity contribution is 7.98. The summed E-state index contributed by atoms with van der Waals surface area (Å²) in [6.45, 7) is 1.83. The molecule has 0 aliphatic rings. The summed E-state index contributed by atoms with van der Waals surface area (Å²) in [6, 6.07) is 5.18. The number of benzene rings is 1. The van der Waals surface area contributed by atoms with Crippen LogP contribution in [0.25, 0.3) is 0 Å². The number of ketones is 1. The fourth-order valence-corrected chi connectivity index (χ4v) is 1.99. The van der Waals surface area contributed by atoms with Crippen LogP contribution in [0, 0.1) is 0 Å². The zero-order valence-electron chi connectivity index (χ0n) is 9.98. The van der Waals surface area contributed by atoms with Crippen LogP contribution in [-0.2, 0) is 9.53 Å². The van der Waals surface area contributed by atoms with Crippen molar-refractivity contribution in [1.29, 1.82) is 0 Å². The van der Waals surface area contributed by atoms with Gasteiger partial charge in [-0.05, 0) is 25.3 Å². The van der Waals surface area contributed by atoms with Gasteiger partial charge in [0, 0.05) is 4.90 Å². The lowest BCUT2D eigenvalue weighted by Crippen LogP contribution is -2.19. The first-order valence-electron chi connectivity index (χ1n) is 5.08. The van der Waals surface area contributed by atoms with E-state index in [4.69, 9.17) is 9.47 Å². The van der Waals surface area contributed by atoms with Crippen molar-refractivity contribution < 1.29 is 19.1 Å². The predicted molar refractivity (Wildman–Crippen MR) is 65.7 cm³/mol. The highest BCUT2D eigenvalue weighted by Gasteiger charge is 2.24. The van der Waals surface area contributed by atoms with Crippen LogP contribution in [0.4, 0.5) is 0 Å². The van der Waals surface area contributed by atoms with Gasteiger partial charge < -0.3 is 9.47 Å². The molecule has 4 nitrogen and oxygen atoms in total. The molecule has 0 radical (unpaired) electrons. The molecule has 5 heteroatoms. The molecule has 1 aromatic carbocycles. The van der Waals surface area contributed by atoms with E-state index >= 15 is 0 Å². The lowest BCUT2D eigenvalue weighted by atomic mass is 10.1. The van der Waals surface area contributed by atoms with E-state index < -0.39 is 11.8 Å². The van der Waals surface area contributed by atoms with Crippen LogP contribution in [0.5, 0.6) is 5.75 Å². The first-order chi connectivity index (χ1) is 8.15. The van der Waals surface area contributed by atoms with Gasteiger partial charge in [0.2, 0.25) is 0 Å². The van der Waals surface area contributed by atoms with E-state index in [2.05, 4.69) is 0 Å².